The molecule has 1 aromatic carbocycles. The number of likely N-dealkylation sites (tertiary alicyclic amines) is 1. The highest BCUT2D eigenvalue weighted by atomic mass is 79.9. The number of ether oxygens (including phenoxy) is 2. The molecule has 21 heavy (non-hydrogen) atoms. The van der Waals surface area contributed by atoms with Gasteiger partial charge in [-0.2, -0.15) is 0 Å². The van der Waals surface area contributed by atoms with Crippen LogP contribution in [0.5, 0.6) is 11.5 Å². The van der Waals surface area contributed by atoms with E-state index in [4.69, 9.17) is 9.47 Å². The van der Waals surface area contributed by atoms with Gasteiger partial charge in [-0.05, 0) is 73.0 Å². The lowest BCUT2D eigenvalue weighted by Gasteiger charge is -2.17. The fraction of sp³-hybridized carbons (Fsp3) is 0.625. The second-order valence-corrected chi connectivity index (χ2v) is 6.24. The molecule has 5 heteroatoms. The van der Waals surface area contributed by atoms with E-state index in [0.29, 0.717) is 0 Å². The summed E-state index contributed by atoms with van der Waals surface area (Å²) in [6, 6.07) is 4.10. The minimum Gasteiger partial charge on any atom is -0.493 e. The number of methoxy groups -OCH3 is 1. The maximum Gasteiger partial charge on any atom is 0.175 e. The highest BCUT2D eigenvalue weighted by Crippen LogP contribution is 2.36. The molecule has 2 rings (SSSR count). The molecule has 0 aromatic heterocycles. The van der Waals surface area contributed by atoms with Gasteiger partial charge >= 0.3 is 0 Å². The zero-order valence-electron chi connectivity index (χ0n) is 13.0. The highest BCUT2D eigenvalue weighted by Gasteiger charge is 2.13. The average molecular weight is 357 g/mol. The van der Waals surface area contributed by atoms with E-state index in [-0.39, 0.29) is 0 Å². The Morgan fingerprint density at radius 1 is 1.29 bits per heavy atom. The van der Waals surface area contributed by atoms with Gasteiger partial charge in [0.25, 0.3) is 0 Å². The molecule has 4 nitrogen and oxygen atoms in total. The highest BCUT2D eigenvalue weighted by molar-refractivity contribution is 9.10. The summed E-state index contributed by atoms with van der Waals surface area (Å²) in [4.78, 5) is 2.51. The summed E-state index contributed by atoms with van der Waals surface area (Å²) < 4.78 is 12.3. The predicted octanol–water partition coefficient (Wildman–Crippen LogP) is 3.04. The Morgan fingerprint density at radius 2 is 2.05 bits per heavy atom. The topological polar surface area (TPSA) is 33.7 Å². The molecule has 0 amide bonds. The molecule has 1 heterocycles. The number of nitrogens with zero attached hydrogens (tertiary/aromatic N) is 1. The van der Waals surface area contributed by atoms with E-state index < -0.39 is 0 Å². The Morgan fingerprint density at radius 3 is 2.71 bits per heavy atom. The van der Waals surface area contributed by atoms with Crippen LogP contribution in [0.1, 0.15) is 24.8 Å². The third kappa shape index (κ3) is 4.87. The molecule has 0 bridgehead atoms. The van der Waals surface area contributed by atoms with Crippen LogP contribution in [0.25, 0.3) is 0 Å². The zero-order valence-corrected chi connectivity index (χ0v) is 14.5. The molecule has 1 fully saturated rings. The third-order valence-corrected chi connectivity index (χ3v) is 4.32. The smallest absolute Gasteiger partial charge is 0.175 e. The molecule has 1 saturated heterocycles. The fourth-order valence-corrected chi connectivity index (χ4v) is 3.29. The summed E-state index contributed by atoms with van der Waals surface area (Å²) in [6.45, 7) is 5.14. The van der Waals surface area contributed by atoms with Gasteiger partial charge in [0.05, 0.1) is 18.2 Å². The van der Waals surface area contributed by atoms with Crippen LogP contribution in [0, 0.1) is 0 Å². The molecule has 1 aliphatic heterocycles. The van der Waals surface area contributed by atoms with Gasteiger partial charge in [-0.3, -0.25) is 0 Å². The number of nitrogens with one attached hydrogen (secondary N) is 1. The number of rotatable bonds is 8. The molecule has 1 aliphatic rings. The van der Waals surface area contributed by atoms with Crippen molar-refractivity contribution in [2.75, 3.05) is 40.4 Å². The van der Waals surface area contributed by atoms with Crippen molar-refractivity contribution in [1.82, 2.24) is 10.2 Å². The minimum atomic E-state index is 0.719. The van der Waals surface area contributed by atoms with Gasteiger partial charge in [0.15, 0.2) is 11.5 Å². The van der Waals surface area contributed by atoms with Gasteiger partial charge in [0, 0.05) is 13.1 Å². The van der Waals surface area contributed by atoms with Crippen LogP contribution < -0.4 is 14.8 Å². The SMILES string of the molecule is CNCc1cc(Br)c(OCCCN2CCCC2)c(OC)c1. The van der Waals surface area contributed by atoms with Gasteiger partial charge in [-0.1, -0.05) is 0 Å². The van der Waals surface area contributed by atoms with E-state index in [1.165, 1.54) is 31.5 Å². The summed E-state index contributed by atoms with van der Waals surface area (Å²) in [5.74, 6) is 1.59. The third-order valence-electron chi connectivity index (χ3n) is 3.73. The van der Waals surface area contributed by atoms with Crippen LogP contribution in [0.4, 0.5) is 0 Å². The fourth-order valence-electron chi connectivity index (χ4n) is 2.69. The van der Waals surface area contributed by atoms with Crippen LogP contribution in [-0.4, -0.2) is 45.3 Å². The van der Waals surface area contributed by atoms with Crippen LogP contribution >= 0.6 is 15.9 Å². The summed E-state index contributed by atoms with van der Waals surface area (Å²) >= 11 is 3.58. The molecular weight excluding hydrogens is 332 g/mol. The van der Waals surface area contributed by atoms with Crippen LogP contribution in [0.3, 0.4) is 0 Å². The van der Waals surface area contributed by atoms with Crippen molar-refractivity contribution in [2.45, 2.75) is 25.8 Å². The summed E-state index contributed by atoms with van der Waals surface area (Å²) in [6.07, 6.45) is 3.73. The average Bonchev–Trinajstić information content (AvgIpc) is 2.98. The van der Waals surface area contributed by atoms with E-state index in [2.05, 4.69) is 32.2 Å². The lowest BCUT2D eigenvalue weighted by atomic mass is 10.2. The Hall–Kier alpha value is -0.780. The predicted molar refractivity (Wildman–Crippen MR) is 89.2 cm³/mol. The maximum absolute atomic E-state index is 5.93. The Bertz CT molecular complexity index is 448. The first kappa shape index (κ1) is 16.6. The Labute approximate surface area is 135 Å². The normalized spacial score (nSPS) is 15.4. The number of hydrogen-bond donors (Lipinski definition) is 1. The lowest BCUT2D eigenvalue weighted by molar-refractivity contribution is 0.253. The van der Waals surface area contributed by atoms with Crippen molar-refractivity contribution < 1.29 is 9.47 Å². The van der Waals surface area contributed by atoms with E-state index in [9.17, 15) is 0 Å². The Kier molecular flexibility index (Phi) is 6.80. The number of benzene rings is 1. The van der Waals surface area contributed by atoms with Crippen LogP contribution in [-0.2, 0) is 6.54 Å². The molecule has 0 atom stereocenters. The van der Waals surface area contributed by atoms with E-state index in [1.807, 2.05) is 13.1 Å². The van der Waals surface area contributed by atoms with Gasteiger partial charge in [-0.15, -0.1) is 0 Å². The van der Waals surface area contributed by atoms with E-state index in [1.54, 1.807) is 7.11 Å². The van der Waals surface area contributed by atoms with Gasteiger partial charge in [0.2, 0.25) is 0 Å². The van der Waals surface area contributed by atoms with Crippen molar-refractivity contribution in [2.24, 2.45) is 0 Å². The first-order chi connectivity index (χ1) is 10.2. The van der Waals surface area contributed by atoms with Crippen molar-refractivity contribution in [3.63, 3.8) is 0 Å². The quantitative estimate of drug-likeness (QED) is 0.725. The second-order valence-electron chi connectivity index (χ2n) is 5.39. The van der Waals surface area contributed by atoms with E-state index >= 15 is 0 Å². The summed E-state index contributed by atoms with van der Waals surface area (Å²) in [5.41, 5.74) is 1.17. The molecule has 0 saturated carbocycles. The Balaban J connectivity index is 1.88. The minimum absolute atomic E-state index is 0.719. The summed E-state index contributed by atoms with van der Waals surface area (Å²) in [7, 11) is 3.62. The van der Waals surface area contributed by atoms with Crippen molar-refractivity contribution in [3.05, 3.63) is 22.2 Å². The standard InChI is InChI=1S/C16H25BrN2O2/c1-18-12-13-10-14(17)16(15(11-13)20-2)21-9-5-8-19-6-3-4-7-19/h10-11,18H,3-9,12H2,1-2H3. The summed E-state index contributed by atoms with van der Waals surface area (Å²) in [5, 5.41) is 3.14. The molecule has 0 aliphatic carbocycles. The first-order valence-electron chi connectivity index (χ1n) is 7.60. The monoisotopic (exact) mass is 356 g/mol. The molecule has 1 aromatic rings. The van der Waals surface area contributed by atoms with Crippen LogP contribution in [0.15, 0.2) is 16.6 Å². The van der Waals surface area contributed by atoms with Crippen LogP contribution in [0.2, 0.25) is 0 Å². The van der Waals surface area contributed by atoms with Gasteiger partial charge < -0.3 is 19.7 Å². The first-order valence-corrected chi connectivity index (χ1v) is 8.40. The van der Waals surface area contributed by atoms with Crippen molar-refractivity contribution >= 4 is 15.9 Å². The van der Waals surface area contributed by atoms with Gasteiger partial charge in [-0.25, -0.2) is 0 Å². The molecule has 0 unspecified atom stereocenters. The maximum atomic E-state index is 5.93. The van der Waals surface area contributed by atoms with Crippen molar-refractivity contribution in [1.29, 1.82) is 0 Å². The zero-order chi connectivity index (χ0) is 15.1. The van der Waals surface area contributed by atoms with E-state index in [0.717, 1.165) is 42.1 Å². The lowest BCUT2D eigenvalue weighted by Crippen LogP contribution is -2.22. The molecule has 0 spiro atoms. The molecule has 1 N–H and O–H groups in total. The molecule has 0 radical (unpaired) electrons. The van der Waals surface area contributed by atoms with Crippen molar-refractivity contribution in [3.8, 4) is 11.5 Å². The molecular formula is C16H25BrN2O2. The second kappa shape index (κ2) is 8.61. The molecule has 118 valence electrons. The number of hydrogen-bond acceptors (Lipinski definition) is 4. The van der Waals surface area contributed by atoms with Gasteiger partial charge in [0.1, 0.15) is 0 Å². The largest absolute Gasteiger partial charge is 0.493 e. The number of halogens is 1.